The molecule has 3 rings (SSSR count). The van der Waals surface area contributed by atoms with Crippen molar-refractivity contribution < 1.29 is 24.4 Å². The predicted molar refractivity (Wildman–Crippen MR) is 105 cm³/mol. The molecule has 8 nitrogen and oxygen atoms in total. The highest BCUT2D eigenvalue weighted by molar-refractivity contribution is 7.17. The van der Waals surface area contributed by atoms with Gasteiger partial charge in [0.05, 0.1) is 28.5 Å². The Hall–Kier alpha value is -2.65. The third-order valence-electron chi connectivity index (χ3n) is 4.32. The molecule has 1 aliphatic carbocycles. The van der Waals surface area contributed by atoms with Crippen LogP contribution in [0.25, 0.3) is 0 Å². The second-order valence-corrected chi connectivity index (χ2v) is 7.75. The van der Waals surface area contributed by atoms with E-state index in [0.717, 1.165) is 42.2 Å². The number of nitro benzene ring substituents is 1. The van der Waals surface area contributed by atoms with E-state index in [0.29, 0.717) is 10.8 Å². The molecule has 0 aliphatic heterocycles. The Morgan fingerprint density at radius 1 is 1.32 bits per heavy atom. The average molecular weight is 425 g/mol. The molecule has 1 heterocycles. The third kappa shape index (κ3) is 4.42. The molecular formula is C18H17ClN2O6S. The maximum absolute atomic E-state index is 12.7. The zero-order chi connectivity index (χ0) is 20.3. The van der Waals surface area contributed by atoms with Gasteiger partial charge in [-0.15, -0.1) is 11.3 Å². The summed E-state index contributed by atoms with van der Waals surface area (Å²) in [5.74, 6) is -1.08. The Bertz CT molecular complexity index is 942. The topological polar surface area (TPSA) is 119 Å². The number of amides is 1. The number of benzene rings is 1. The molecule has 2 N–H and O–H groups in total. The van der Waals surface area contributed by atoms with Gasteiger partial charge >= 0.3 is 5.97 Å². The van der Waals surface area contributed by atoms with Gasteiger partial charge in [0.1, 0.15) is 5.00 Å². The standard InChI is InChI=1S/C18H17ClN2O6S/c19-13-6-5-10(21(25)26)9-12(13)17(24)20-18-16(27-8-7-15(22)23)11-3-1-2-4-14(11)28-18/h5-6,9H,1-4,7-8H2,(H,20,24)(H,22,23). The zero-order valence-electron chi connectivity index (χ0n) is 14.7. The molecule has 0 saturated heterocycles. The number of hydrogen-bond donors (Lipinski definition) is 2. The molecule has 0 saturated carbocycles. The van der Waals surface area contributed by atoms with E-state index < -0.39 is 16.8 Å². The molecule has 1 aromatic heterocycles. The Morgan fingerprint density at radius 3 is 2.79 bits per heavy atom. The number of ether oxygens (including phenoxy) is 1. The van der Waals surface area contributed by atoms with Crippen LogP contribution in [0.3, 0.4) is 0 Å². The number of aryl methyl sites for hydroxylation is 1. The van der Waals surface area contributed by atoms with Gasteiger partial charge in [0.2, 0.25) is 0 Å². The van der Waals surface area contributed by atoms with Crippen LogP contribution in [0.5, 0.6) is 5.75 Å². The second-order valence-electron chi connectivity index (χ2n) is 6.24. The molecule has 148 valence electrons. The van der Waals surface area contributed by atoms with Crippen molar-refractivity contribution >= 4 is 45.5 Å². The maximum atomic E-state index is 12.7. The zero-order valence-corrected chi connectivity index (χ0v) is 16.3. The molecule has 28 heavy (non-hydrogen) atoms. The van der Waals surface area contributed by atoms with E-state index in [9.17, 15) is 19.7 Å². The number of aliphatic carboxylic acids is 1. The summed E-state index contributed by atoms with van der Waals surface area (Å²) >= 11 is 7.42. The van der Waals surface area contributed by atoms with Crippen molar-refractivity contribution in [2.24, 2.45) is 0 Å². The number of hydrogen-bond acceptors (Lipinski definition) is 6. The van der Waals surface area contributed by atoms with Crippen LogP contribution >= 0.6 is 22.9 Å². The van der Waals surface area contributed by atoms with Crippen LogP contribution in [0.15, 0.2) is 18.2 Å². The SMILES string of the molecule is O=C(O)CCOc1c(NC(=O)c2cc([N+](=O)[O-])ccc2Cl)sc2c1CCCC2. The number of fused-ring (bicyclic) bond motifs is 1. The van der Waals surface area contributed by atoms with Crippen molar-refractivity contribution in [1.82, 2.24) is 0 Å². The third-order valence-corrected chi connectivity index (χ3v) is 5.84. The van der Waals surface area contributed by atoms with Crippen LogP contribution in [0.4, 0.5) is 10.7 Å². The van der Waals surface area contributed by atoms with Gasteiger partial charge in [0.25, 0.3) is 11.6 Å². The summed E-state index contributed by atoms with van der Waals surface area (Å²) in [5.41, 5.74) is 0.735. The summed E-state index contributed by atoms with van der Waals surface area (Å²) in [6.45, 7) is -0.0149. The number of anilines is 1. The van der Waals surface area contributed by atoms with Crippen molar-refractivity contribution in [3.05, 3.63) is 49.3 Å². The average Bonchev–Trinajstić information content (AvgIpc) is 2.99. The van der Waals surface area contributed by atoms with Crippen LogP contribution in [0.2, 0.25) is 5.02 Å². The molecule has 1 aromatic carbocycles. The minimum absolute atomic E-state index is 0.0149. The summed E-state index contributed by atoms with van der Waals surface area (Å²) < 4.78 is 5.69. The Kier molecular flexibility index (Phi) is 6.15. The van der Waals surface area contributed by atoms with Gasteiger partial charge in [-0.3, -0.25) is 19.7 Å². The largest absolute Gasteiger partial charge is 0.490 e. The summed E-state index contributed by atoms with van der Waals surface area (Å²) in [4.78, 5) is 34.9. The van der Waals surface area contributed by atoms with E-state index in [2.05, 4.69) is 5.32 Å². The Balaban J connectivity index is 1.88. The molecule has 2 aromatic rings. The molecule has 0 fully saturated rings. The van der Waals surface area contributed by atoms with Crippen LogP contribution in [0.1, 0.15) is 40.1 Å². The van der Waals surface area contributed by atoms with Crippen LogP contribution in [0, 0.1) is 10.1 Å². The molecule has 0 bridgehead atoms. The lowest BCUT2D eigenvalue weighted by molar-refractivity contribution is -0.384. The molecule has 1 aliphatic rings. The van der Waals surface area contributed by atoms with Gasteiger partial charge in [-0.1, -0.05) is 11.6 Å². The van der Waals surface area contributed by atoms with E-state index in [1.54, 1.807) is 0 Å². The lowest BCUT2D eigenvalue weighted by atomic mass is 9.98. The molecule has 0 spiro atoms. The van der Waals surface area contributed by atoms with Crippen LogP contribution in [-0.2, 0) is 17.6 Å². The number of carbonyl (C=O) groups excluding carboxylic acids is 1. The summed E-state index contributed by atoms with van der Waals surface area (Å²) in [6.07, 6.45) is 3.52. The summed E-state index contributed by atoms with van der Waals surface area (Å²) in [7, 11) is 0. The first-order valence-corrected chi connectivity index (χ1v) is 9.80. The minimum Gasteiger partial charge on any atom is -0.490 e. The first kappa shape index (κ1) is 20.1. The van der Waals surface area contributed by atoms with Gasteiger partial charge in [0.15, 0.2) is 5.75 Å². The highest BCUT2D eigenvalue weighted by Crippen LogP contribution is 2.44. The Morgan fingerprint density at radius 2 is 2.07 bits per heavy atom. The number of thiophene rings is 1. The first-order valence-electron chi connectivity index (χ1n) is 8.61. The number of nitrogens with one attached hydrogen (secondary N) is 1. The molecule has 0 unspecified atom stereocenters. The highest BCUT2D eigenvalue weighted by atomic mass is 35.5. The van der Waals surface area contributed by atoms with E-state index in [4.69, 9.17) is 21.4 Å². The van der Waals surface area contributed by atoms with E-state index in [-0.39, 0.29) is 29.3 Å². The number of carbonyl (C=O) groups is 2. The molecule has 10 heteroatoms. The number of carboxylic acids is 1. The summed E-state index contributed by atoms with van der Waals surface area (Å²) in [6, 6.07) is 3.65. The quantitative estimate of drug-likeness (QED) is 0.505. The Labute approximate surface area is 169 Å². The number of halogens is 1. The number of rotatable bonds is 7. The minimum atomic E-state index is -0.974. The van der Waals surface area contributed by atoms with Gasteiger partial charge in [-0.25, -0.2) is 0 Å². The molecule has 1 amide bonds. The van der Waals surface area contributed by atoms with E-state index >= 15 is 0 Å². The van der Waals surface area contributed by atoms with Gasteiger partial charge < -0.3 is 15.2 Å². The monoisotopic (exact) mass is 424 g/mol. The predicted octanol–water partition coefficient (Wildman–Crippen LogP) is 4.29. The van der Waals surface area contributed by atoms with Gasteiger partial charge in [-0.2, -0.15) is 0 Å². The van der Waals surface area contributed by atoms with Crippen molar-refractivity contribution in [3.8, 4) is 5.75 Å². The number of non-ortho nitro benzene ring substituents is 1. The molecule has 0 atom stereocenters. The van der Waals surface area contributed by atoms with Crippen molar-refractivity contribution in [2.45, 2.75) is 32.1 Å². The van der Waals surface area contributed by atoms with Gasteiger partial charge in [0, 0.05) is 22.6 Å². The van der Waals surface area contributed by atoms with Gasteiger partial charge in [-0.05, 0) is 31.7 Å². The van der Waals surface area contributed by atoms with E-state index in [1.165, 1.54) is 23.5 Å². The fraction of sp³-hybridized carbons (Fsp3) is 0.333. The molecule has 0 radical (unpaired) electrons. The number of carboxylic acid groups (broad SMARTS) is 1. The first-order chi connectivity index (χ1) is 13.4. The lowest BCUT2D eigenvalue weighted by Crippen LogP contribution is -2.13. The maximum Gasteiger partial charge on any atom is 0.306 e. The lowest BCUT2D eigenvalue weighted by Gasteiger charge is -2.13. The van der Waals surface area contributed by atoms with E-state index in [1.807, 2.05) is 0 Å². The van der Waals surface area contributed by atoms with Crippen molar-refractivity contribution in [3.63, 3.8) is 0 Å². The van der Waals surface area contributed by atoms with Crippen LogP contribution in [-0.4, -0.2) is 28.5 Å². The fourth-order valence-electron chi connectivity index (χ4n) is 2.98. The summed E-state index contributed by atoms with van der Waals surface area (Å²) in [5, 5.41) is 23.1. The fourth-order valence-corrected chi connectivity index (χ4v) is 4.42. The van der Waals surface area contributed by atoms with Crippen molar-refractivity contribution in [1.29, 1.82) is 0 Å². The molecular weight excluding hydrogens is 408 g/mol. The van der Waals surface area contributed by atoms with Crippen molar-refractivity contribution in [2.75, 3.05) is 11.9 Å². The smallest absolute Gasteiger partial charge is 0.306 e. The number of nitro groups is 1. The normalized spacial score (nSPS) is 12.9. The van der Waals surface area contributed by atoms with Crippen LogP contribution < -0.4 is 10.1 Å². The second kappa shape index (κ2) is 8.57. The number of nitrogens with zero attached hydrogens (tertiary/aromatic N) is 1. The highest BCUT2D eigenvalue weighted by Gasteiger charge is 2.25.